The number of urea groups is 1. The molecule has 0 unspecified atom stereocenters. The summed E-state index contributed by atoms with van der Waals surface area (Å²) in [5, 5.41) is 5.93. The fourth-order valence-corrected chi connectivity index (χ4v) is 4.54. The van der Waals surface area contributed by atoms with Crippen LogP contribution in [0.15, 0.2) is 21.9 Å². The van der Waals surface area contributed by atoms with Crippen LogP contribution in [0.1, 0.15) is 25.7 Å². The second kappa shape index (κ2) is 7.78. The predicted molar refractivity (Wildman–Crippen MR) is 98.5 cm³/mol. The summed E-state index contributed by atoms with van der Waals surface area (Å²) >= 11 is 0. The van der Waals surface area contributed by atoms with Gasteiger partial charge in [0.25, 0.3) is 5.56 Å². The van der Waals surface area contributed by atoms with E-state index in [0.717, 1.165) is 25.7 Å². The van der Waals surface area contributed by atoms with Crippen LogP contribution in [0, 0.1) is 11.8 Å². The SMILES string of the molecule is O=C1N[C@H]2OCCC[C@H]2[C@H](C2CCN(C(=O)Cn3ccc(=O)[nH]c3=O)CC2)N1. The van der Waals surface area contributed by atoms with Crippen molar-refractivity contribution in [2.45, 2.75) is 44.5 Å². The van der Waals surface area contributed by atoms with E-state index in [4.69, 9.17) is 4.74 Å². The monoisotopic (exact) mass is 391 g/mol. The van der Waals surface area contributed by atoms with Gasteiger partial charge in [-0.3, -0.25) is 19.1 Å². The zero-order chi connectivity index (χ0) is 19.7. The molecule has 0 aliphatic carbocycles. The van der Waals surface area contributed by atoms with Crippen molar-refractivity contribution in [1.82, 2.24) is 25.1 Å². The van der Waals surface area contributed by atoms with Crippen LogP contribution in [0.2, 0.25) is 0 Å². The highest BCUT2D eigenvalue weighted by Crippen LogP contribution is 2.33. The minimum absolute atomic E-state index is 0.0538. The van der Waals surface area contributed by atoms with Crippen LogP contribution in [0.3, 0.4) is 0 Å². The molecule has 10 nitrogen and oxygen atoms in total. The van der Waals surface area contributed by atoms with Gasteiger partial charge in [0.2, 0.25) is 5.91 Å². The molecule has 152 valence electrons. The van der Waals surface area contributed by atoms with Crippen LogP contribution in [0.4, 0.5) is 4.79 Å². The number of carbonyl (C=O) groups excluding carboxylic acids is 2. The Morgan fingerprint density at radius 1 is 1.14 bits per heavy atom. The first kappa shape index (κ1) is 18.7. The Morgan fingerprint density at radius 2 is 1.93 bits per heavy atom. The number of hydrogen-bond donors (Lipinski definition) is 3. The Labute approximate surface area is 161 Å². The molecule has 3 aliphatic rings. The maximum atomic E-state index is 12.5. The number of likely N-dealkylation sites (tertiary alicyclic amines) is 1. The molecular formula is C18H25N5O5. The molecule has 3 atom stereocenters. The number of ether oxygens (including phenoxy) is 1. The summed E-state index contributed by atoms with van der Waals surface area (Å²) in [6.45, 7) is 1.74. The van der Waals surface area contributed by atoms with Gasteiger partial charge in [-0.05, 0) is 31.6 Å². The molecule has 10 heteroatoms. The van der Waals surface area contributed by atoms with Crippen molar-refractivity contribution < 1.29 is 14.3 Å². The largest absolute Gasteiger partial charge is 0.358 e. The van der Waals surface area contributed by atoms with Gasteiger partial charge in [0, 0.05) is 43.9 Å². The maximum Gasteiger partial charge on any atom is 0.328 e. The fraction of sp³-hybridized carbons (Fsp3) is 0.667. The van der Waals surface area contributed by atoms with E-state index in [9.17, 15) is 19.2 Å². The Hall–Kier alpha value is -2.62. The van der Waals surface area contributed by atoms with Crippen LogP contribution < -0.4 is 21.9 Å². The van der Waals surface area contributed by atoms with E-state index >= 15 is 0 Å². The van der Waals surface area contributed by atoms with E-state index in [2.05, 4.69) is 15.6 Å². The average molecular weight is 391 g/mol. The van der Waals surface area contributed by atoms with Gasteiger partial charge in [0.1, 0.15) is 12.8 Å². The maximum absolute atomic E-state index is 12.5. The quantitative estimate of drug-likeness (QED) is 0.623. The first-order valence-electron chi connectivity index (χ1n) is 9.77. The molecule has 1 aromatic rings. The first-order valence-corrected chi connectivity index (χ1v) is 9.77. The summed E-state index contributed by atoms with van der Waals surface area (Å²) < 4.78 is 6.93. The van der Waals surface area contributed by atoms with Crippen LogP contribution in [0.5, 0.6) is 0 Å². The number of aromatic nitrogens is 2. The van der Waals surface area contributed by atoms with Crippen LogP contribution in [0.25, 0.3) is 0 Å². The topological polar surface area (TPSA) is 126 Å². The lowest BCUT2D eigenvalue weighted by atomic mass is 9.77. The average Bonchev–Trinajstić information content (AvgIpc) is 2.69. The Balaban J connectivity index is 1.36. The molecular weight excluding hydrogens is 366 g/mol. The number of H-pyrrole nitrogens is 1. The van der Waals surface area contributed by atoms with Gasteiger partial charge in [0.05, 0.1) is 0 Å². The number of carbonyl (C=O) groups is 2. The molecule has 3 N–H and O–H groups in total. The minimum atomic E-state index is -0.587. The molecule has 3 fully saturated rings. The van der Waals surface area contributed by atoms with Gasteiger partial charge in [-0.1, -0.05) is 0 Å². The van der Waals surface area contributed by atoms with Crippen molar-refractivity contribution in [3.05, 3.63) is 33.1 Å². The lowest BCUT2D eigenvalue weighted by Crippen LogP contribution is -2.65. The number of aromatic amines is 1. The number of rotatable bonds is 3. The van der Waals surface area contributed by atoms with Gasteiger partial charge >= 0.3 is 11.7 Å². The van der Waals surface area contributed by atoms with Gasteiger partial charge in [0.15, 0.2) is 0 Å². The zero-order valence-corrected chi connectivity index (χ0v) is 15.6. The molecule has 0 saturated carbocycles. The Bertz CT molecular complexity index is 856. The molecule has 0 aromatic carbocycles. The number of nitrogens with zero attached hydrogens (tertiary/aromatic N) is 2. The van der Waals surface area contributed by atoms with E-state index in [0.29, 0.717) is 25.6 Å². The number of hydrogen-bond acceptors (Lipinski definition) is 5. The van der Waals surface area contributed by atoms with Crippen molar-refractivity contribution in [2.24, 2.45) is 11.8 Å². The van der Waals surface area contributed by atoms with Crippen molar-refractivity contribution >= 4 is 11.9 Å². The Morgan fingerprint density at radius 3 is 2.68 bits per heavy atom. The molecule has 3 aliphatic heterocycles. The standard InChI is InChI=1S/C18H25N5O5/c24-13-5-8-23(18(27)19-13)10-14(25)22-6-3-11(4-7-22)15-12-2-1-9-28-16(12)21-17(26)20-15/h5,8,11-12,15-16H,1-4,6-7,9-10H2,(H,19,24,27)(H2,20,21,26)/t12-,15-,16-/m0/s1. The third-order valence-electron chi connectivity index (χ3n) is 6.00. The predicted octanol–water partition coefficient (Wildman–Crippen LogP) is -0.791. The fourth-order valence-electron chi connectivity index (χ4n) is 4.54. The lowest BCUT2D eigenvalue weighted by Gasteiger charge is -2.46. The molecule has 0 radical (unpaired) electrons. The molecule has 0 bridgehead atoms. The van der Waals surface area contributed by atoms with Gasteiger partial charge in [-0.25, -0.2) is 9.59 Å². The number of nitrogens with one attached hydrogen (secondary N) is 3. The van der Waals surface area contributed by atoms with Gasteiger partial charge in [-0.2, -0.15) is 0 Å². The number of piperidine rings is 1. The zero-order valence-electron chi connectivity index (χ0n) is 15.6. The molecule has 1 aromatic heterocycles. The summed E-state index contributed by atoms with van der Waals surface area (Å²) in [4.78, 5) is 51.3. The second-order valence-electron chi connectivity index (χ2n) is 7.70. The smallest absolute Gasteiger partial charge is 0.328 e. The Kier molecular flexibility index (Phi) is 5.21. The van der Waals surface area contributed by atoms with E-state index < -0.39 is 11.2 Å². The van der Waals surface area contributed by atoms with E-state index in [1.807, 2.05) is 0 Å². The third kappa shape index (κ3) is 3.82. The number of amides is 3. The van der Waals surface area contributed by atoms with E-state index in [1.165, 1.54) is 16.8 Å². The summed E-state index contributed by atoms with van der Waals surface area (Å²) in [5.41, 5.74) is -1.07. The van der Waals surface area contributed by atoms with Crippen molar-refractivity contribution in [2.75, 3.05) is 19.7 Å². The number of fused-ring (bicyclic) bond motifs is 1. The van der Waals surface area contributed by atoms with Crippen LogP contribution >= 0.6 is 0 Å². The third-order valence-corrected chi connectivity index (χ3v) is 6.00. The second-order valence-corrected chi connectivity index (χ2v) is 7.70. The molecule has 4 heterocycles. The van der Waals surface area contributed by atoms with E-state index in [-0.39, 0.29) is 36.7 Å². The summed E-state index contributed by atoms with van der Waals surface area (Å²) in [6, 6.07) is 1.09. The minimum Gasteiger partial charge on any atom is -0.358 e. The van der Waals surface area contributed by atoms with Crippen molar-refractivity contribution in [3.8, 4) is 0 Å². The van der Waals surface area contributed by atoms with Gasteiger partial charge < -0.3 is 20.3 Å². The molecule has 3 amide bonds. The summed E-state index contributed by atoms with van der Waals surface area (Å²) in [7, 11) is 0. The summed E-state index contributed by atoms with van der Waals surface area (Å²) in [6.07, 6.45) is 4.69. The van der Waals surface area contributed by atoms with E-state index in [1.54, 1.807) is 4.90 Å². The normalized spacial score (nSPS) is 28.2. The van der Waals surface area contributed by atoms with Gasteiger partial charge in [-0.15, -0.1) is 0 Å². The van der Waals surface area contributed by atoms with Crippen LogP contribution in [-0.2, 0) is 16.1 Å². The summed E-state index contributed by atoms with van der Waals surface area (Å²) in [5.74, 6) is 0.388. The lowest BCUT2D eigenvalue weighted by molar-refractivity contribution is -0.134. The van der Waals surface area contributed by atoms with Crippen LogP contribution in [-0.4, -0.2) is 58.4 Å². The molecule has 28 heavy (non-hydrogen) atoms. The highest BCUT2D eigenvalue weighted by molar-refractivity contribution is 5.76. The van der Waals surface area contributed by atoms with Crippen molar-refractivity contribution in [3.63, 3.8) is 0 Å². The highest BCUT2D eigenvalue weighted by Gasteiger charge is 2.43. The highest BCUT2D eigenvalue weighted by atomic mass is 16.5. The molecule has 3 saturated heterocycles. The van der Waals surface area contributed by atoms with Crippen molar-refractivity contribution in [1.29, 1.82) is 0 Å². The first-order chi connectivity index (χ1) is 13.5. The molecule has 0 spiro atoms. The molecule has 4 rings (SSSR count).